The average Bonchev–Trinajstić information content (AvgIpc) is 3.20. The van der Waals surface area contributed by atoms with Crippen molar-refractivity contribution in [2.45, 2.75) is 63.7 Å². The molecule has 4 aliphatic heterocycles. The summed E-state index contributed by atoms with van der Waals surface area (Å²) in [5.74, 6) is -0.538. The second-order valence-electron chi connectivity index (χ2n) is 11.2. The number of pyridine rings is 1. The number of fused-ring (bicyclic) bond motifs is 3. The molecule has 1 aromatic carbocycles. The standard InChI is InChI=1S/C28H33F4N5O3/c1-16-13-40-25-17(2)39-14-24(25)37(16)22-11-23-21(10-20(22)29)34-26-19(4-3-7-33-26)12-36(23)27(38)18-5-8-35(9-6-18)15-28(30,31)32/h3-4,7,10-11,16-18,24-25H,5-6,8-9,12-15H2,1-2H3,(H,33,34)/t16-,17+,24+,25-/m0/s1. The summed E-state index contributed by atoms with van der Waals surface area (Å²) in [7, 11) is 0. The van der Waals surface area contributed by atoms with E-state index in [1.165, 1.54) is 11.0 Å². The lowest BCUT2D eigenvalue weighted by Crippen LogP contribution is -2.57. The smallest absolute Gasteiger partial charge is 0.373 e. The summed E-state index contributed by atoms with van der Waals surface area (Å²) in [6.07, 6.45) is -2.32. The first-order valence-corrected chi connectivity index (χ1v) is 13.8. The summed E-state index contributed by atoms with van der Waals surface area (Å²) in [5.41, 5.74) is 2.05. The number of benzene rings is 1. The molecule has 40 heavy (non-hydrogen) atoms. The van der Waals surface area contributed by atoms with Crippen LogP contribution in [0, 0.1) is 11.7 Å². The van der Waals surface area contributed by atoms with E-state index in [1.807, 2.05) is 24.8 Å². The van der Waals surface area contributed by atoms with Crippen LogP contribution in [0.15, 0.2) is 30.5 Å². The maximum atomic E-state index is 15.9. The molecule has 0 bridgehead atoms. The molecule has 3 fully saturated rings. The first-order chi connectivity index (χ1) is 19.1. The van der Waals surface area contributed by atoms with Crippen LogP contribution in [0.5, 0.6) is 0 Å². The van der Waals surface area contributed by atoms with Crippen molar-refractivity contribution < 1.29 is 31.8 Å². The molecule has 12 heteroatoms. The van der Waals surface area contributed by atoms with E-state index >= 15 is 4.39 Å². The number of likely N-dealkylation sites (tertiary alicyclic amines) is 1. The van der Waals surface area contributed by atoms with Gasteiger partial charge in [-0.3, -0.25) is 9.69 Å². The van der Waals surface area contributed by atoms with E-state index in [2.05, 4.69) is 10.3 Å². The van der Waals surface area contributed by atoms with Gasteiger partial charge in [0.1, 0.15) is 17.7 Å². The van der Waals surface area contributed by atoms with Gasteiger partial charge in [-0.05, 0) is 51.9 Å². The molecule has 0 aliphatic carbocycles. The Kier molecular flexibility index (Phi) is 7.12. The Labute approximate surface area is 230 Å². The molecule has 8 nitrogen and oxygen atoms in total. The van der Waals surface area contributed by atoms with Gasteiger partial charge in [-0.15, -0.1) is 0 Å². The zero-order valence-electron chi connectivity index (χ0n) is 22.5. The van der Waals surface area contributed by atoms with Crippen molar-refractivity contribution in [3.8, 4) is 0 Å². The first kappa shape index (κ1) is 27.2. The second-order valence-corrected chi connectivity index (χ2v) is 11.2. The third kappa shape index (κ3) is 5.12. The predicted molar refractivity (Wildman–Crippen MR) is 141 cm³/mol. The fraction of sp³-hybridized carbons (Fsp3) is 0.571. The van der Waals surface area contributed by atoms with Crippen molar-refractivity contribution in [3.05, 3.63) is 41.8 Å². The molecular formula is C28H33F4N5O3. The van der Waals surface area contributed by atoms with Crippen LogP contribution in [-0.2, 0) is 20.8 Å². The van der Waals surface area contributed by atoms with E-state index in [0.29, 0.717) is 48.9 Å². The number of rotatable bonds is 3. The Hall–Kier alpha value is -2.96. The first-order valence-electron chi connectivity index (χ1n) is 13.8. The van der Waals surface area contributed by atoms with Crippen molar-refractivity contribution in [1.82, 2.24) is 9.88 Å². The molecule has 5 heterocycles. The third-order valence-corrected chi connectivity index (χ3v) is 8.45. The third-order valence-electron chi connectivity index (χ3n) is 8.45. The van der Waals surface area contributed by atoms with Gasteiger partial charge in [-0.25, -0.2) is 9.37 Å². The number of halogens is 4. The fourth-order valence-corrected chi connectivity index (χ4v) is 6.45. The summed E-state index contributed by atoms with van der Waals surface area (Å²) in [6.45, 7) is 4.34. The average molecular weight is 564 g/mol. The van der Waals surface area contributed by atoms with Gasteiger partial charge in [0.05, 0.1) is 61.6 Å². The van der Waals surface area contributed by atoms with Gasteiger partial charge < -0.3 is 24.6 Å². The van der Waals surface area contributed by atoms with Crippen molar-refractivity contribution in [1.29, 1.82) is 0 Å². The highest BCUT2D eigenvalue weighted by Crippen LogP contribution is 2.43. The molecule has 4 atom stereocenters. The minimum absolute atomic E-state index is 0.118. The highest BCUT2D eigenvalue weighted by Gasteiger charge is 2.45. The number of carbonyl (C=O) groups is 1. The molecule has 3 saturated heterocycles. The summed E-state index contributed by atoms with van der Waals surface area (Å²) in [5, 5.41) is 3.21. The van der Waals surface area contributed by atoms with Gasteiger partial charge in [0.25, 0.3) is 0 Å². The minimum atomic E-state index is -4.28. The SMILES string of the molecule is C[C@H]1OC[C@@H]2[C@H]1OC[C@H](C)N2c1cc2c(cc1F)Nc1ncccc1CN2C(=O)C1CCN(CC(F)(F)F)CC1. The number of hydrogen-bond donors (Lipinski definition) is 1. The normalized spacial score (nSPS) is 27.4. The van der Waals surface area contributed by atoms with Crippen LogP contribution >= 0.6 is 0 Å². The Morgan fingerprint density at radius 1 is 1.12 bits per heavy atom. The molecule has 0 saturated carbocycles. The second kappa shape index (κ2) is 10.5. The summed E-state index contributed by atoms with van der Waals surface area (Å²) >= 11 is 0. The number of alkyl halides is 3. The number of amides is 1. The molecule has 1 aromatic heterocycles. The molecule has 216 valence electrons. The van der Waals surface area contributed by atoms with Crippen LogP contribution in [0.1, 0.15) is 32.3 Å². The van der Waals surface area contributed by atoms with Gasteiger partial charge in [-0.1, -0.05) is 6.07 Å². The number of piperidine rings is 1. The lowest BCUT2D eigenvalue weighted by atomic mass is 9.94. The lowest BCUT2D eigenvalue weighted by molar-refractivity contribution is -0.149. The highest BCUT2D eigenvalue weighted by molar-refractivity contribution is 6.00. The van der Waals surface area contributed by atoms with Gasteiger partial charge >= 0.3 is 6.18 Å². The summed E-state index contributed by atoms with van der Waals surface area (Å²) < 4.78 is 66.5. The van der Waals surface area contributed by atoms with Crippen LogP contribution in [-0.4, -0.2) is 79.1 Å². The predicted octanol–water partition coefficient (Wildman–Crippen LogP) is 4.47. The van der Waals surface area contributed by atoms with E-state index in [-0.39, 0.29) is 49.8 Å². The summed E-state index contributed by atoms with van der Waals surface area (Å²) in [4.78, 5) is 23.4. The van der Waals surface area contributed by atoms with E-state index in [1.54, 1.807) is 23.2 Å². The van der Waals surface area contributed by atoms with Crippen molar-refractivity contribution in [2.75, 3.05) is 48.0 Å². The Morgan fingerprint density at radius 3 is 2.65 bits per heavy atom. The van der Waals surface area contributed by atoms with Crippen LogP contribution in [0.2, 0.25) is 0 Å². The van der Waals surface area contributed by atoms with Crippen molar-refractivity contribution in [2.24, 2.45) is 5.92 Å². The number of aromatic nitrogens is 1. The van der Waals surface area contributed by atoms with Crippen molar-refractivity contribution in [3.63, 3.8) is 0 Å². The van der Waals surface area contributed by atoms with E-state index < -0.39 is 24.5 Å². The Morgan fingerprint density at radius 2 is 1.90 bits per heavy atom. The number of nitrogens with one attached hydrogen (secondary N) is 1. The number of nitrogens with zero attached hydrogens (tertiary/aromatic N) is 4. The largest absolute Gasteiger partial charge is 0.401 e. The van der Waals surface area contributed by atoms with E-state index in [9.17, 15) is 18.0 Å². The molecule has 2 aromatic rings. The monoisotopic (exact) mass is 563 g/mol. The van der Waals surface area contributed by atoms with Crippen LogP contribution in [0.25, 0.3) is 0 Å². The van der Waals surface area contributed by atoms with Gasteiger partial charge in [0.15, 0.2) is 0 Å². The Bertz CT molecular complexity index is 1270. The fourth-order valence-electron chi connectivity index (χ4n) is 6.45. The molecule has 6 rings (SSSR count). The van der Waals surface area contributed by atoms with Gasteiger partial charge in [0.2, 0.25) is 5.91 Å². The maximum Gasteiger partial charge on any atom is 0.401 e. The summed E-state index contributed by atoms with van der Waals surface area (Å²) in [6, 6.07) is 6.45. The number of morpholine rings is 1. The van der Waals surface area contributed by atoms with Crippen LogP contribution < -0.4 is 15.1 Å². The minimum Gasteiger partial charge on any atom is -0.373 e. The van der Waals surface area contributed by atoms with Crippen LogP contribution in [0.4, 0.5) is 40.4 Å². The lowest BCUT2D eigenvalue weighted by Gasteiger charge is -2.44. The quantitative estimate of drug-likeness (QED) is 0.553. The Balaban J connectivity index is 1.34. The molecule has 0 radical (unpaired) electrons. The number of carbonyl (C=O) groups excluding carboxylic acids is 1. The number of anilines is 4. The highest BCUT2D eigenvalue weighted by atomic mass is 19.4. The topological polar surface area (TPSA) is 70.2 Å². The molecule has 1 amide bonds. The van der Waals surface area contributed by atoms with E-state index in [0.717, 1.165) is 5.56 Å². The van der Waals surface area contributed by atoms with Gasteiger partial charge in [0, 0.05) is 23.7 Å². The number of hydrogen-bond acceptors (Lipinski definition) is 7. The molecule has 4 aliphatic rings. The maximum absolute atomic E-state index is 15.9. The van der Waals surface area contributed by atoms with E-state index in [4.69, 9.17) is 9.47 Å². The molecule has 1 N–H and O–H groups in total. The van der Waals surface area contributed by atoms with Gasteiger partial charge in [-0.2, -0.15) is 13.2 Å². The molecular weight excluding hydrogens is 530 g/mol. The molecule has 0 spiro atoms. The molecule has 0 unspecified atom stereocenters. The van der Waals surface area contributed by atoms with Crippen molar-refractivity contribution >= 4 is 28.8 Å². The van der Waals surface area contributed by atoms with Crippen LogP contribution in [0.3, 0.4) is 0 Å². The number of ether oxygens (including phenoxy) is 2. The zero-order chi connectivity index (χ0) is 28.2. The zero-order valence-corrected chi connectivity index (χ0v) is 22.5.